The maximum Gasteiger partial charge on any atom is 0.261 e. The van der Waals surface area contributed by atoms with Crippen molar-refractivity contribution in [3.8, 4) is 17.1 Å². The van der Waals surface area contributed by atoms with Crippen molar-refractivity contribution >= 4 is 17.5 Å². The molecule has 1 N–H and O–H groups in total. The van der Waals surface area contributed by atoms with Gasteiger partial charge in [0.2, 0.25) is 5.89 Å². The zero-order chi connectivity index (χ0) is 19.4. The quantitative estimate of drug-likeness (QED) is 0.674. The summed E-state index contributed by atoms with van der Waals surface area (Å²) in [6.45, 7) is 3.53. The molecule has 2 aromatic carbocycles. The van der Waals surface area contributed by atoms with Crippen LogP contribution in [-0.2, 0) is 11.3 Å². The molecule has 0 fully saturated rings. The number of carbonyl (C=O) groups excluding carboxylic acids is 1. The Labute approximate surface area is 161 Å². The molecule has 0 saturated heterocycles. The summed E-state index contributed by atoms with van der Waals surface area (Å²) in [7, 11) is 0. The number of oxazole rings is 1. The number of nitrogens with one attached hydrogen (secondary N) is 1. The number of halogens is 2. The highest BCUT2D eigenvalue weighted by molar-refractivity contribution is 6.30. The molecule has 0 unspecified atom stereocenters. The van der Waals surface area contributed by atoms with Gasteiger partial charge in [0.15, 0.2) is 11.9 Å². The summed E-state index contributed by atoms with van der Waals surface area (Å²) in [5.74, 6) is 0.506. The highest BCUT2D eigenvalue weighted by Gasteiger charge is 2.17. The first-order valence-electron chi connectivity index (χ1n) is 8.34. The minimum absolute atomic E-state index is 0.115. The molecule has 0 saturated carbocycles. The molecule has 27 heavy (non-hydrogen) atoms. The van der Waals surface area contributed by atoms with E-state index < -0.39 is 11.9 Å². The number of hydrogen-bond donors (Lipinski definition) is 1. The van der Waals surface area contributed by atoms with E-state index in [1.807, 2.05) is 19.1 Å². The molecule has 0 aliphatic carbocycles. The SMILES string of the molecule is Cc1nc(CNC(=O)[C@@H](C)Oc2cccc(F)c2)oc1-c1ccc(Cl)cc1. The minimum atomic E-state index is -0.793. The van der Waals surface area contributed by atoms with Crippen LogP contribution in [0.3, 0.4) is 0 Å². The van der Waals surface area contributed by atoms with E-state index in [0.29, 0.717) is 22.4 Å². The van der Waals surface area contributed by atoms with Crippen molar-refractivity contribution in [2.24, 2.45) is 0 Å². The van der Waals surface area contributed by atoms with Crippen LogP contribution >= 0.6 is 11.6 Å². The third-order valence-corrected chi connectivity index (χ3v) is 4.09. The Bertz CT molecular complexity index is 941. The summed E-state index contributed by atoms with van der Waals surface area (Å²) in [4.78, 5) is 16.5. The number of rotatable bonds is 6. The van der Waals surface area contributed by atoms with Gasteiger partial charge in [-0.15, -0.1) is 0 Å². The van der Waals surface area contributed by atoms with Crippen LogP contribution in [-0.4, -0.2) is 17.0 Å². The van der Waals surface area contributed by atoms with Gasteiger partial charge in [-0.1, -0.05) is 17.7 Å². The molecule has 0 radical (unpaired) electrons. The Hall–Kier alpha value is -2.86. The van der Waals surface area contributed by atoms with Crippen LogP contribution in [0, 0.1) is 12.7 Å². The Morgan fingerprint density at radius 3 is 2.74 bits per heavy atom. The van der Waals surface area contributed by atoms with E-state index in [0.717, 1.165) is 5.56 Å². The highest BCUT2D eigenvalue weighted by Crippen LogP contribution is 2.25. The first-order valence-corrected chi connectivity index (χ1v) is 8.72. The number of benzene rings is 2. The molecule has 7 heteroatoms. The summed E-state index contributed by atoms with van der Waals surface area (Å²) in [5.41, 5.74) is 1.57. The van der Waals surface area contributed by atoms with Crippen molar-refractivity contribution in [3.63, 3.8) is 0 Å². The number of hydrogen-bond acceptors (Lipinski definition) is 4. The van der Waals surface area contributed by atoms with Gasteiger partial charge >= 0.3 is 0 Å². The molecule has 1 heterocycles. The van der Waals surface area contributed by atoms with Crippen LogP contribution in [0.1, 0.15) is 18.5 Å². The average molecular weight is 389 g/mol. The molecule has 3 aromatic rings. The van der Waals surface area contributed by atoms with Gasteiger partial charge < -0.3 is 14.5 Å². The van der Waals surface area contributed by atoms with Crippen molar-refractivity contribution < 1.29 is 18.3 Å². The van der Waals surface area contributed by atoms with Gasteiger partial charge in [0.25, 0.3) is 5.91 Å². The first-order chi connectivity index (χ1) is 12.9. The Morgan fingerprint density at radius 1 is 1.30 bits per heavy atom. The van der Waals surface area contributed by atoms with Gasteiger partial charge in [-0.25, -0.2) is 9.37 Å². The van der Waals surface area contributed by atoms with Gasteiger partial charge in [0, 0.05) is 16.7 Å². The van der Waals surface area contributed by atoms with Crippen LogP contribution in [0.5, 0.6) is 5.75 Å². The van der Waals surface area contributed by atoms with E-state index >= 15 is 0 Å². The number of ether oxygens (including phenoxy) is 1. The van der Waals surface area contributed by atoms with Crippen LogP contribution < -0.4 is 10.1 Å². The molecule has 1 aromatic heterocycles. The summed E-state index contributed by atoms with van der Waals surface area (Å²) in [6, 6.07) is 12.9. The maximum absolute atomic E-state index is 13.2. The monoisotopic (exact) mass is 388 g/mol. The molecule has 0 aliphatic rings. The lowest BCUT2D eigenvalue weighted by atomic mass is 10.1. The van der Waals surface area contributed by atoms with Crippen LogP contribution in [0.4, 0.5) is 4.39 Å². The number of nitrogens with zero attached hydrogens (tertiary/aromatic N) is 1. The molecule has 0 bridgehead atoms. The van der Waals surface area contributed by atoms with Gasteiger partial charge in [-0.3, -0.25) is 4.79 Å². The molecular weight excluding hydrogens is 371 g/mol. The number of amides is 1. The first kappa shape index (κ1) is 18.9. The Morgan fingerprint density at radius 2 is 2.04 bits per heavy atom. The summed E-state index contributed by atoms with van der Waals surface area (Å²) in [6.07, 6.45) is -0.793. The molecule has 0 spiro atoms. The van der Waals surface area contributed by atoms with Crippen molar-refractivity contribution in [2.75, 3.05) is 0 Å². The molecule has 1 atom stereocenters. The van der Waals surface area contributed by atoms with Crippen LogP contribution in [0.25, 0.3) is 11.3 Å². The van der Waals surface area contributed by atoms with E-state index in [4.69, 9.17) is 20.8 Å². The van der Waals surface area contributed by atoms with Crippen molar-refractivity contribution in [2.45, 2.75) is 26.5 Å². The minimum Gasteiger partial charge on any atom is -0.481 e. The van der Waals surface area contributed by atoms with Crippen LogP contribution in [0.2, 0.25) is 5.02 Å². The Balaban J connectivity index is 1.60. The lowest BCUT2D eigenvalue weighted by molar-refractivity contribution is -0.127. The zero-order valence-electron chi connectivity index (χ0n) is 14.8. The largest absolute Gasteiger partial charge is 0.481 e. The number of aryl methyl sites for hydroxylation is 1. The van der Waals surface area contributed by atoms with E-state index in [-0.39, 0.29) is 18.2 Å². The van der Waals surface area contributed by atoms with Gasteiger partial charge in [-0.2, -0.15) is 0 Å². The smallest absolute Gasteiger partial charge is 0.261 e. The third kappa shape index (κ3) is 4.86. The Kier molecular flexibility index (Phi) is 5.76. The normalized spacial score (nSPS) is 11.9. The molecule has 0 aliphatic heterocycles. The number of aromatic nitrogens is 1. The summed E-state index contributed by atoms with van der Waals surface area (Å²) in [5, 5.41) is 3.33. The maximum atomic E-state index is 13.2. The average Bonchev–Trinajstić information content (AvgIpc) is 3.01. The predicted molar refractivity (Wildman–Crippen MR) is 100 cm³/mol. The molecule has 140 valence electrons. The second-order valence-corrected chi connectivity index (χ2v) is 6.40. The van der Waals surface area contributed by atoms with Crippen molar-refractivity contribution in [1.29, 1.82) is 0 Å². The predicted octanol–water partition coefficient (Wildman–Crippen LogP) is 4.53. The molecular formula is C20H18ClFN2O3. The van der Waals surface area contributed by atoms with Crippen molar-refractivity contribution in [1.82, 2.24) is 10.3 Å². The summed E-state index contributed by atoms with van der Waals surface area (Å²) >= 11 is 5.90. The zero-order valence-corrected chi connectivity index (χ0v) is 15.6. The van der Waals surface area contributed by atoms with Gasteiger partial charge in [-0.05, 0) is 50.2 Å². The fourth-order valence-corrected chi connectivity index (χ4v) is 2.63. The lowest BCUT2D eigenvalue weighted by Crippen LogP contribution is -2.36. The van der Waals surface area contributed by atoms with E-state index in [1.165, 1.54) is 18.2 Å². The number of carbonyl (C=O) groups is 1. The second kappa shape index (κ2) is 8.22. The second-order valence-electron chi connectivity index (χ2n) is 5.96. The van der Waals surface area contributed by atoms with E-state index in [2.05, 4.69) is 10.3 Å². The fourth-order valence-electron chi connectivity index (χ4n) is 2.50. The summed E-state index contributed by atoms with van der Waals surface area (Å²) < 4.78 is 24.4. The molecule has 1 amide bonds. The van der Waals surface area contributed by atoms with Crippen LogP contribution in [0.15, 0.2) is 52.9 Å². The van der Waals surface area contributed by atoms with E-state index in [9.17, 15) is 9.18 Å². The lowest BCUT2D eigenvalue weighted by Gasteiger charge is -2.14. The van der Waals surface area contributed by atoms with Gasteiger partial charge in [0.05, 0.1) is 12.2 Å². The molecule has 3 rings (SSSR count). The van der Waals surface area contributed by atoms with E-state index in [1.54, 1.807) is 25.1 Å². The highest BCUT2D eigenvalue weighted by atomic mass is 35.5. The molecule has 5 nitrogen and oxygen atoms in total. The van der Waals surface area contributed by atoms with Crippen molar-refractivity contribution in [3.05, 3.63) is 71.0 Å². The fraction of sp³-hybridized carbons (Fsp3) is 0.200. The topological polar surface area (TPSA) is 64.4 Å². The van der Waals surface area contributed by atoms with Gasteiger partial charge in [0.1, 0.15) is 11.6 Å². The third-order valence-electron chi connectivity index (χ3n) is 3.84. The standard InChI is InChI=1S/C20H18ClFN2O3/c1-12-19(14-6-8-15(21)9-7-14)27-18(24-12)11-23-20(25)13(2)26-17-5-3-4-16(22)10-17/h3-10,13H,11H2,1-2H3,(H,23,25)/t13-/m1/s1.